The number of aromatic nitrogens is 3. The van der Waals surface area contributed by atoms with Gasteiger partial charge in [0, 0.05) is 32.4 Å². The SMILES string of the molecule is COC1(CNCc2nncn2-c2ccccc2)CCOC1. The van der Waals surface area contributed by atoms with Gasteiger partial charge in [0.25, 0.3) is 0 Å². The first kappa shape index (κ1) is 14.2. The molecule has 6 nitrogen and oxygen atoms in total. The smallest absolute Gasteiger partial charge is 0.151 e. The summed E-state index contributed by atoms with van der Waals surface area (Å²) >= 11 is 0. The van der Waals surface area contributed by atoms with E-state index >= 15 is 0 Å². The molecule has 0 bridgehead atoms. The molecule has 0 radical (unpaired) electrons. The summed E-state index contributed by atoms with van der Waals surface area (Å²) in [7, 11) is 1.74. The Labute approximate surface area is 124 Å². The zero-order valence-corrected chi connectivity index (χ0v) is 12.2. The Balaban J connectivity index is 1.63. The van der Waals surface area contributed by atoms with Crippen LogP contribution in [0.1, 0.15) is 12.2 Å². The molecule has 112 valence electrons. The zero-order chi connectivity index (χ0) is 14.5. The number of methoxy groups -OCH3 is 1. The van der Waals surface area contributed by atoms with E-state index in [-0.39, 0.29) is 5.60 Å². The Morgan fingerprint density at radius 3 is 2.95 bits per heavy atom. The van der Waals surface area contributed by atoms with Gasteiger partial charge in [-0.15, -0.1) is 10.2 Å². The van der Waals surface area contributed by atoms with Crippen LogP contribution >= 0.6 is 0 Å². The molecule has 1 atom stereocenters. The van der Waals surface area contributed by atoms with Gasteiger partial charge in [0.2, 0.25) is 0 Å². The van der Waals surface area contributed by atoms with Gasteiger partial charge in [0.15, 0.2) is 5.82 Å². The van der Waals surface area contributed by atoms with Crippen LogP contribution in [0.15, 0.2) is 36.7 Å². The van der Waals surface area contributed by atoms with E-state index in [0.29, 0.717) is 13.2 Å². The van der Waals surface area contributed by atoms with Gasteiger partial charge in [-0.05, 0) is 12.1 Å². The second kappa shape index (κ2) is 6.34. The lowest BCUT2D eigenvalue weighted by atomic mass is 10.0. The van der Waals surface area contributed by atoms with Gasteiger partial charge in [0.1, 0.15) is 11.9 Å². The van der Waals surface area contributed by atoms with Gasteiger partial charge in [0.05, 0.1) is 13.2 Å². The van der Waals surface area contributed by atoms with Crippen molar-refractivity contribution >= 4 is 0 Å². The second-order valence-electron chi connectivity index (χ2n) is 5.25. The van der Waals surface area contributed by atoms with Crippen molar-refractivity contribution in [3.63, 3.8) is 0 Å². The van der Waals surface area contributed by atoms with Crippen molar-refractivity contribution in [3.05, 3.63) is 42.5 Å². The van der Waals surface area contributed by atoms with Crippen LogP contribution in [0.25, 0.3) is 5.69 Å². The quantitative estimate of drug-likeness (QED) is 0.864. The molecule has 1 aliphatic rings. The summed E-state index contributed by atoms with van der Waals surface area (Å²) < 4.78 is 13.0. The number of ether oxygens (including phenoxy) is 2. The Morgan fingerprint density at radius 2 is 2.24 bits per heavy atom. The van der Waals surface area contributed by atoms with E-state index in [0.717, 1.165) is 31.1 Å². The predicted octanol–water partition coefficient (Wildman–Crippen LogP) is 1.16. The fourth-order valence-electron chi connectivity index (χ4n) is 2.55. The van der Waals surface area contributed by atoms with Gasteiger partial charge < -0.3 is 14.8 Å². The van der Waals surface area contributed by atoms with E-state index in [1.165, 1.54) is 0 Å². The van der Waals surface area contributed by atoms with Crippen molar-refractivity contribution < 1.29 is 9.47 Å². The summed E-state index contributed by atoms with van der Waals surface area (Å²) in [4.78, 5) is 0. The molecule has 3 rings (SSSR count). The summed E-state index contributed by atoms with van der Waals surface area (Å²) in [6, 6.07) is 10.1. The van der Waals surface area contributed by atoms with Gasteiger partial charge in [-0.2, -0.15) is 0 Å². The first-order chi connectivity index (χ1) is 10.3. The highest BCUT2D eigenvalue weighted by molar-refractivity contribution is 5.31. The van der Waals surface area contributed by atoms with E-state index in [9.17, 15) is 0 Å². The molecule has 1 aromatic heterocycles. The second-order valence-corrected chi connectivity index (χ2v) is 5.25. The van der Waals surface area contributed by atoms with Crippen LogP contribution in [0, 0.1) is 0 Å². The fraction of sp³-hybridized carbons (Fsp3) is 0.467. The summed E-state index contributed by atoms with van der Waals surface area (Å²) in [5, 5.41) is 11.6. The molecule has 0 saturated carbocycles. The molecule has 1 fully saturated rings. The standard InChI is InChI=1S/C15H20N4O2/c1-20-15(7-8-21-11-15)10-16-9-14-18-17-12-19(14)13-5-3-2-4-6-13/h2-6,12,16H,7-11H2,1H3. The van der Waals surface area contributed by atoms with E-state index in [1.807, 2.05) is 34.9 Å². The number of nitrogens with zero attached hydrogens (tertiary/aromatic N) is 3. The Kier molecular flexibility index (Phi) is 4.28. The molecule has 1 aliphatic heterocycles. The number of rotatable bonds is 6. The molecule has 21 heavy (non-hydrogen) atoms. The van der Waals surface area contributed by atoms with Crippen LogP contribution in [-0.4, -0.2) is 47.2 Å². The van der Waals surface area contributed by atoms with Crippen molar-refractivity contribution in [1.29, 1.82) is 0 Å². The molecule has 6 heteroatoms. The lowest BCUT2D eigenvalue weighted by Gasteiger charge is -2.25. The van der Waals surface area contributed by atoms with Crippen molar-refractivity contribution in [2.45, 2.75) is 18.6 Å². The van der Waals surface area contributed by atoms with Crippen LogP contribution in [0.2, 0.25) is 0 Å². The Hall–Kier alpha value is -1.76. The molecule has 1 unspecified atom stereocenters. The number of nitrogens with one attached hydrogen (secondary N) is 1. The third-order valence-corrected chi connectivity index (χ3v) is 3.88. The summed E-state index contributed by atoms with van der Waals surface area (Å²) in [6.07, 6.45) is 2.65. The molecule has 0 spiro atoms. The third kappa shape index (κ3) is 3.12. The number of hydrogen-bond acceptors (Lipinski definition) is 5. The minimum atomic E-state index is -0.211. The van der Waals surface area contributed by atoms with Crippen molar-refractivity contribution in [3.8, 4) is 5.69 Å². The topological polar surface area (TPSA) is 61.2 Å². The van der Waals surface area contributed by atoms with Gasteiger partial charge in [-0.1, -0.05) is 18.2 Å². The first-order valence-electron chi connectivity index (χ1n) is 7.11. The molecule has 0 amide bonds. The van der Waals surface area contributed by atoms with Gasteiger partial charge in [-0.25, -0.2) is 0 Å². The highest BCUT2D eigenvalue weighted by Crippen LogP contribution is 2.21. The average Bonchev–Trinajstić information content (AvgIpc) is 3.18. The molecule has 2 aromatic rings. The van der Waals surface area contributed by atoms with E-state index in [2.05, 4.69) is 15.5 Å². The largest absolute Gasteiger partial charge is 0.378 e. The zero-order valence-electron chi connectivity index (χ0n) is 12.2. The molecule has 0 aliphatic carbocycles. The number of hydrogen-bond donors (Lipinski definition) is 1. The highest BCUT2D eigenvalue weighted by Gasteiger charge is 2.34. The lowest BCUT2D eigenvalue weighted by molar-refractivity contribution is -0.0160. The number of benzene rings is 1. The third-order valence-electron chi connectivity index (χ3n) is 3.88. The summed E-state index contributed by atoms with van der Waals surface area (Å²) in [6.45, 7) is 2.78. The number of para-hydroxylation sites is 1. The van der Waals surface area contributed by atoms with Crippen molar-refractivity contribution in [1.82, 2.24) is 20.1 Å². The van der Waals surface area contributed by atoms with E-state index in [1.54, 1.807) is 13.4 Å². The van der Waals surface area contributed by atoms with Crippen LogP contribution in [0.4, 0.5) is 0 Å². The van der Waals surface area contributed by atoms with Crippen LogP contribution in [-0.2, 0) is 16.0 Å². The molecular formula is C15H20N4O2. The van der Waals surface area contributed by atoms with E-state index in [4.69, 9.17) is 9.47 Å². The maximum absolute atomic E-state index is 5.60. The first-order valence-corrected chi connectivity index (χ1v) is 7.11. The van der Waals surface area contributed by atoms with Crippen molar-refractivity contribution in [2.75, 3.05) is 26.9 Å². The summed E-state index contributed by atoms with van der Waals surface area (Å²) in [5.41, 5.74) is 0.849. The van der Waals surface area contributed by atoms with Crippen LogP contribution in [0.5, 0.6) is 0 Å². The monoisotopic (exact) mass is 288 g/mol. The molecular weight excluding hydrogens is 268 g/mol. The normalized spacial score (nSPS) is 21.8. The maximum Gasteiger partial charge on any atom is 0.151 e. The maximum atomic E-state index is 5.60. The van der Waals surface area contributed by atoms with Crippen LogP contribution in [0.3, 0.4) is 0 Å². The highest BCUT2D eigenvalue weighted by atomic mass is 16.5. The predicted molar refractivity (Wildman–Crippen MR) is 78.2 cm³/mol. The molecule has 1 aromatic carbocycles. The Bertz CT molecular complexity index is 564. The Morgan fingerprint density at radius 1 is 1.38 bits per heavy atom. The average molecular weight is 288 g/mol. The lowest BCUT2D eigenvalue weighted by Crippen LogP contribution is -2.43. The van der Waals surface area contributed by atoms with Crippen molar-refractivity contribution in [2.24, 2.45) is 0 Å². The minimum absolute atomic E-state index is 0.211. The van der Waals surface area contributed by atoms with Gasteiger partial charge in [-0.3, -0.25) is 4.57 Å². The minimum Gasteiger partial charge on any atom is -0.378 e. The fourth-order valence-corrected chi connectivity index (χ4v) is 2.55. The molecule has 2 heterocycles. The van der Waals surface area contributed by atoms with E-state index < -0.39 is 0 Å². The molecule has 1 N–H and O–H groups in total. The van der Waals surface area contributed by atoms with Crippen LogP contribution < -0.4 is 5.32 Å². The summed E-state index contributed by atoms with van der Waals surface area (Å²) in [5.74, 6) is 0.881. The molecule has 1 saturated heterocycles. The van der Waals surface area contributed by atoms with Gasteiger partial charge >= 0.3 is 0 Å².